The molecule has 1 aromatic heterocycles. The van der Waals surface area contributed by atoms with Crippen LogP contribution in [0.5, 0.6) is 0 Å². The molecule has 1 fully saturated rings. The minimum atomic E-state index is -0.431. The van der Waals surface area contributed by atoms with E-state index in [1.54, 1.807) is 12.4 Å². The maximum atomic E-state index is 10.9. The van der Waals surface area contributed by atoms with Crippen molar-refractivity contribution in [3.63, 3.8) is 0 Å². The molecule has 1 heterocycles. The third kappa shape index (κ3) is 2.11. The first-order valence-corrected chi connectivity index (χ1v) is 6.60. The summed E-state index contributed by atoms with van der Waals surface area (Å²) in [6.45, 7) is 0. The third-order valence-electron chi connectivity index (χ3n) is 3.78. The van der Waals surface area contributed by atoms with Gasteiger partial charge in [-0.05, 0) is 18.9 Å². The maximum absolute atomic E-state index is 10.9. The van der Waals surface area contributed by atoms with Gasteiger partial charge in [0.15, 0.2) is 5.82 Å². The average molecular weight is 273 g/mol. The Balaban J connectivity index is 2.07. The summed E-state index contributed by atoms with van der Waals surface area (Å²) in [6.07, 6.45) is 6.22. The molecule has 7 heteroatoms. The Labute approximate surface area is 115 Å². The van der Waals surface area contributed by atoms with Gasteiger partial charge in [0.1, 0.15) is 6.33 Å². The summed E-state index contributed by atoms with van der Waals surface area (Å²) >= 11 is 0. The molecule has 7 nitrogen and oxygen atoms in total. The number of hydrogen-bond acceptors (Lipinski definition) is 5. The number of non-ortho nitro benzene ring substituents is 1. The van der Waals surface area contributed by atoms with Gasteiger partial charge in [-0.3, -0.25) is 10.1 Å². The van der Waals surface area contributed by atoms with Gasteiger partial charge in [-0.1, -0.05) is 12.8 Å². The number of nitrogens with zero attached hydrogens (tertiary/aromatic N) is 4. The fourth-order valence-corrected chi connectivity index (χ4v) is 2.74. The SMILES string of the molecule is Nc1ccc([N+](=O)[O-])cc1-c1nncn1C1CCCC1. The van der Waals surface area contributed by atoms with E-state index in [1.807, 2.05) is 4.57 Å². The molecule has 0 atom stereocenters. The molecule has 1 saturated carbocycles. The maximum Gasteiger partial charge on any atom is 0.270 e. The molecule has 1 aliphatic carbocycles. The Kier molecular flexibility index (Phi) is 3.09. The van der Waals surface area contributed by atoms with Crippen LogP contribution in [0.1, 0.15) is 31.7 Å². The molecule has 0 unspecified atom stereocenters. The Morgan fingerprint density at radius 2 is 2.10 bits per heavy atom. The van der Waals surface area contributed by atoms with Crippen LogP contribution in [0.3, 0.4) is 0 Å². The van der Waals surface area contributed by atoms with Crippen molar-refractivity contribution in [3.8, 4) is 11.4 Å². The average Bonchev–Trinajstić information content (AvgIpc) is 3.09. The number of aromatic nitrogens is 3. The predicted molar refractivity (Wildman–Crippen MR) is 74.0 cm³/mol. The minimum absolute atomic E-state index is 0.00942. The normalized spacial score (nSPS) is 15.6. The number of benzene rings is 1. The number of nitro benzene ring substituents is 1. The zero-order chi connectivity index (χ0) is 14.1. The van der Waals surface area contributed by atoms with Crippen LogP contribution in [0, 0.1) is 10.1 Å². The highest BCUT2D eigenvalue weighted by atomic mass is 16.6. The van der Waals surface area contributed by atoms with Crippen LogP contribution in [-0.2, 0) is 0 Å². The van der Waals surface area contributed by atoms with Crippen molar-refractivity contribution < 1.29 is 4.92 Å². The monoisotopic (exact) mass is 273 g/mol. The van der Waals surface area contributed by atoms with Gasteiger partial charge in [0.2, 0.25) is 0 Å². The summed E-state index contributed by atoms with van der Waals surface area (Å²) in [4.78, 5) is 10.5. The van der Waals surface area contributed by atoms with Crippen LogP contribution < -0.4 is 5.73 Å². The number of rotatable bonds is 3. The van der Waals surface area contributed by atoms with E-state index in [-0.39, 0.29) is 5.69 Å². The van der Waals surface area contributed by atoms with Gasteiger partial charge in [-0.15, -0.1) is 10.2 Å². The van der Waals surface area contributed by atoms with Crippen LogP contribution in [0.2, 0.25) is 0 Å². The first kappa shape index (κ1) is 12.6. The van der Waals surface area contributed by atoms with E-state index in [4.69, 9.17) is 5.73 Å². The van der Waals surface area contributed by atoms with Gasteiger partial charge in [0.25, 0.3) is 5.69 Å². The zero-order valence-electron chi connectivity index (χ0n) is 10.9. The van der Waals surface area contributed by atoms with Gasteiger partial charge in [-0.2, -0.15) is 0 Å². The number of nitrogen functional groups attached to an aromatic ring is 1. The zero-order valence-corrected chi connectivity index (χ0v) is 10.9. The molecule has 20 heavy (non-hydrogen) atoms. The summed E-state index contributed by atoms with van der Waals surface area (Å²) in [7, 11) is 0. The van der Waals surface area contributed by atoms with Crippen LogP contribution >= 0.6 is 0 Å². The largest absolute Gasteiger partial charge is 0.398 e. The van der Waals surface area contributed by atoms with Gasteiger partial charge in [-0.25, -0.2) is 0 Å². The molecule has 104 valence electrons. The van der Waals surface area contributed by atoms with Crippen LogP contribution in [0.15, 0.2) is 24.5 Å². The highest BCUT2D eigenvalue weighted by molar-refractivity contribution is 5.74. The second kappa shape index (κ2) is 4.92. The van der Waals surface area contributed by atoms with Crippen LogP contribution in [0.25, 0.3) is 11.4 Å². The fourth-order valence-electron chi connectivity index (χ4n) is 2.74. The molecule has 0 radical (unpaired) electrons. The van der Waals surface area contributed by atoms with E-state index < -0.39 is 4.92 Å². The Hall–Kier alpha value is -2.44. The molecule has 1 aromatic carbocycles. The molecule has 2 N–H and O–H groups in total. The number of hydrogen-bond donors (Lipinski definition) is 1. The molecule has 0 spiro atoms. The van der Waals surface area contributed by atoms with Gasteiger partial charge < -0.3 is 10.3 Å². The lowest BCUT2D eigenvalue weighted by Gasteiger charge is -2.14. The summed E-state index contributed by atoms with van der Waals surface area (Å²) in [6, 6.07) is 4.76. The number of nitro groups is 1. The van der Waals surface area contributed by atoms with Crippen molar-refractivity contribution in [1.82, 2.24) is 14.8 Å². The second-order valence-corrected chi connectivity index (χ2v) is 5.03. The lowest BCUT2D eigenvalue weighted by molar-refractivity contribution is -0.384. The van der Waals surface area contributed by atoms with Gasteiger partial charge in [0.05, 0.1) is 4.92 Å². The Bertz CT molecular complexity index is 646. The minimum Gasteiger partial charge on any atom is -0.398 e. The summed E-state index contributed by atoms with van der Waals surface area (Å²) in [5.41, 5.74) is 7.00. The quantitative estimate of drug-likeness (QED) is 0.526. The van der Waals surface area contributed by atoms with E-state index in [9.17, 15) is 10.1 Å². The summed E-state index contributed by atoms with van der Waals surface area (Å²) in [5, 5.41) is 18.9. The van der Waals surface area contributed by atoms with Crippen molar-refractivity contribution in [1.29, 1.82) is 0 Å². The molecule has 0 saturated heterocycles. The lowest BCUT2D eigenvalue weighted by Crippen LogP contribution is -2.06. The standard InChI is InChI=1S/C13H15N5O2/c14-12-6-5-10(18(19)20)7-11(12)13-16-15-8-17(13)9-3-1-2-4-9/h5-9H,1-4,14H2. The first-order valence-electron chi connectivity index (χ1n) is 6.60. The lowest BCUT2D eigenvalue weighted by atomic mass is 10.1. The van der Waals surface area contributed by atoms with Crippen LogP contribution in [0.4, 0.5) is 11.4 Å². The fraction of sp³-hybridized carbons (Fsp3) is 0.385. The molecule has 0 amide bonds. The molecule has 1 aliphatic rings. The van der Waals surface area contributed by atoms with E-state index in [0.29, 0.717) is 23.1 Å². The van der Waals surface area contributed by atoms with E-state index in [1.165, 1.54) is 25.0 Å². The molecular formula is C13H15N5O2. The molecule has 2 aromatic rings. The number of nitrogens with two attached hydrogens (primary N) is 1. The highest BCUT2D eigenvalue weighted by Crippen LogP contribution is 2.35. The molecule has 0 aliphatic heterocycles. The number of anilines is 1. The summed E-state index contributed by atoms with van der Waals surface area (Å²) in [5.74, 6) is 0.609. The van der Waals surface area contributed by atoms with E-state index >= 15 is 0 Å². The Morgan fingerprint density at radius 1 is 1.35 bits per heavy atom. The smallest absolute Gasteiger partial charge is 0.270 e. The highest BCUT2D eigenvalue weighted by Gasteiger charge is 2.22. The van der Waals surface area contributed by atoms with Crippen molar-refractivity contribution in [2.75, 3.05) is 5.73 Å². The van der Waals surface area contributed by atoms with Crippen molar-refractivity contribution >= 4 is 11.4 Å². The second-order valence-electron chi connectivity index (χ2n) is 5.03. The van der Waals surface area contributed by atoms with Crippen molar-refractivity contribution in [2.24, 2.45) is 0 Å². The molecule has 3 rings (SSSR count). The third-order valence-corrected chi connectivity index (χ3v) is 3.78. The van der Waals surface area contributed by atoms with E-state index in [0.717, 1.165) is 12.8 Å². The van der Waals surface area contributed by atoms with Crippen LogP contribution in [-0.4, -0.2) is 19.7 Å². The molecule has 0 bridgehead atoms. The van der Waals surface area contributed by atoms with Gasteiger partial charge >= 0.3 is 0 Å². The molecular weight excluding hydrogens is 258 g/mol. The van der Waals surface area contributed by atoms with Crippen molar-refractivity contribution in [3.05, 3.63) is 34.6 Å². The van der Waals surface area contributed by atoms with Gasteiger partial charge in [0, 0.05) is 29.4 Å². The summed E-state index contributed by atoms with van der Waals surface area (Å²) < 4.78 is 1.99. The predicted octanol–water partition coefficient (Wildman–Crippen LogP) is 2.55. The Morgan fingerprint density at radius 3 is 2.80 bits per heavy atom. The van der Waals surface area contributed by atoms with E-state index in [2.05, 4.69) is 10.2 Å². The topological polar surface area (TPSA) is 99.9 Å². The van der Waals surface area contributed by atoms with Crippen molar-refractivity contribution in [2.45, 2.75) is 31.7 Å². The first-order chi connectivity index (χ1) is 9.66.